The van der Waals surface area contributed by atoms with E-state index in [2.05, 4.69) is 0 Å². The molecule has 0 unspecified atom stereocenters. The van der Waals surface area contributed by atoms with Crippen molar-refractivity contribution in [2.75, 3.05) is 26.4 Å². The Bertz CT molecular complexity index is 68.7. The van der Waals surface area contributed by atoms with E-state index in [0.29, 0.717) is 13.2 Å². The van der Waals surface area contributed by atoms with Crippen molar-refractivity contribution in [1.82, 2.24) is 0 Å². The van der Waals surface area contributed by atoms with Crippen LogP contribution >= 0.6 is 0 Å². The maximum atomic E-state index is 8.36. The van der Waals surface area contributed by atoms with E-state index in [0.717, 1.165) is 13.0 Å². The van der Waals surface area contributed by atoms with Crippen LogP contribution < -0.4 is 0 Å². The molecule has 1 saturated heterocycles. The largest absolute Gasteiger partial charge is 0.394 e. The SMILES string of the molecule is OCCO[C@H]1CCOC1. The molecule has 0 amide bonds. The van der Waals surface area contributed by atoms with Gasteiger partial charge in [-0.3, -0.25) is 0 Å². The fourth-order valence-corrected chi connectivity index (χ4v) is 0.864. The highest BCUT2D eigenvalue weighted by atomic mass is 16.5. The minimum Gasteiger partial charge on any atom is -0.394 e. The Morgan fingerprint density at radius 1 is 1.67 bits per heavy atom. The van der Waals surface area contributed by atoms with Crippen molar-refractivity contribution >= 4 is 0 Å². The lowest BCUT2D eigenvalue weighted by atomic mass is 10.3. The lowest BCUT2D eigenvalue weighted by Gasteiger charge is -2.06. The predicted octanol–water partition coefficient (Wildman–Crippen LogP) is -0.216. The summed E-state index contributed by atoms with van der Waals surface area (Å²) < 4.78 is 10.2. The van der Waals surface area contributed by atoms with E-state index in [-0.39, 0.29) is 12.7 Å². The van der Waals surface area contributed by atoms with Crippen LogP contribution in [0.25, 0.3) is 0 Å². The Morgan fingerprint density at radius 2 is 2.56 bits per heavy atom. The smallest absolute Gasteiger partial charge is 0.0831 e. The summed E-state index contributed by atoms with van der Waals surface area (Å²) in [5, 5.41) is 8.36. The fourth-order valence-electron chi connectivity index (χ4n) is 0.864. The van der Waals surface area contributed by atoms with E-state index in [4.69, 9.17) is 14.6 Å². The van der Waals surface area contributed by atoms with Gasteiger partial charge in [0.15, 0.2) is 0 Å². The van der Waals surface area contributed by atoms with E-state index >= 15 is 0 Å². The number of aliphatic hydroxyl groups is 1. The van der Waals surface area contributed by atoms with Crippen LogP contribution in [0.5, 0.6) is 0 Å². The van der Waals surface area contributed by atoms with Crippen molar-refractivity contribution in [3.8, 4) is 0 Å². The van der Waals surface area contributed by atoms with Crippen molar-refractivity contribution < 1.29 is 14.6 Å². The first-order chi connectivity index (χ1) is 4.43. The standard InChI is InChI=1S/C6H12O3/c7-2-4-9-6-1-3-8-5-6/h6-7H,1-5H2/t6-/m0/s1. The molecule has 1 N–H and O–H groups in total. The quantitative estimate of drug-likeness (QED) is 0.577. The molecule has 54 valence electrons. The lowest BCUT2D eigenvalue weighted by Crippen LogP contribution is -2.14. The Balaban J connectivity index is 1.98. The third kappa shape index (κ3) is 2.30. The molecule has 0 aromatic heterocycles. The number of rotatable bonds is 3. The fraction of sp³-hybridized carbons (Fsp3) is 1.00. The summed E-state index contributed by atoms with van der Waals surface area (Å²) in [6.07, 6.45) is 1.21. The van der Waals surface area contributed by atoms with Gasteiger partial charge in [0.1, 0.15) is 0 Å². The van der Waals surface area contributed by atoms with E-state index in [1.54, 1.807) is 0 Å². The average molecular weight is 132 g/mol. The van der Waals surface area contributed by atoms with Gasteiger partial charge in [-0.05, 0) is 6.42 Å². The number of hydrogen-bond donors (Lipinski definition) is 1. The second-order valence-corrected chi connectivity index (χ2v) is 2.08. The van der Waals surface area contributed by atoms with Crippen LogP contribution in [0.2, 0.25) is 0 Å². The molecule has 0 aromatic rings. The average Bonchev–Trinajstić information content (AvgIpc) is 2.34. The van der Waals surface area contributed by atoms with Crippen LogP contribution in [0.15, 0.2) is 0 Å². The Labute approximate surface area is 54.6 Å². The molecule has 3 nitrogen and oxygen atoms in total. The van der Waals surface area contributed by atoms with Gasteiger partial charge >= 0.3 is 0 Å². The molecule has 1 heterocycles. The molecule has 1 aliphatic heterocycles. The normalized spacial score (nSPS) is 27.0. The van der Waals surface area contributed by atoms with Gasteiger partial charge < -0.3 is 14.6 Å². The Kier molecular flexibility index (Phi) is 2.97. The highest BCUT2D eigenvalue weighted by Crippen LogP contribution is 2.06. The van der Waals surface area contributed by atoms with Gasteiger partial charge in [-0.2, -0.15) is 0 Å². The third-order valence-electron chi connectivity index (χ3n) is 1.33. The molecule has 9 heavy (non-hydrogen) atoms. The summed E-state index contributed by atoms with van der Waals surface area (Å²) in [7, 11) is 0. The number of hydrogen-bond acceptors (Lipinski definition) is 3. The third-order valence-corrected chi connectivity index (χ3v) is 1.33. The maximum Gasteiger partial charge on any atom is 0.0831 e. The zero-order valence-electron chi connectivity index (χ0n) is 5.38. The van der Waals surface area contributed by atoms with Crippen molar-refractivity contribution in [2.24, 2.45) is 0 Å². The second kappa shape index (κ2) is 3.82. The van der Waals surface area contributed by atoms with Crippen LogP contribution in [0.3, 0.4) is 0 Å². The van der Waals surface area contributed by atoms with E-state index in [1.807, 2.05) is 0 Å². The van der Waals surface area contributed by atoms with Crippen LogP contribution in [-0.2, 0) is 9.47 Å². The van der Waals surface area contributed by atoms with Crippen LogP contribution in [0.1, 0.15) is 6.42 Å². The van der Waals surface area contributed by atoms with Crippen LogP contribution in [-0.4, -0.2) is 37.6 Å². The van der Waals surface area contributed by atoms with E-state index in [1.165, 1.54) is 0 Å². The molecular formula is C6H12O3. The molecule has 0 aromatic carbocycles. The molecular weight excluding hydrogens is 120 g/mol. The number of aliphatic hydroxyl groups excluding tert-OH is 1. The van der Waals surface area contributed by atoms with Crippen molar-refractivity contribution in [3.63, 3.8) is 0 Å². The van der Waals surface area contributed by atoms with Gasteiger partial charge in [-0.25, -0.2) is 0 Å². The molecule has 0 radical (unpaired) electrons. The van der Waals surface area contributed by atoms with Crippen molar-refractivity contribution in [2.45, 2.75) is 12.5 Å². The lowest BCUT2D eigenvalue weighted by molar-refractivity contribution is 0.0222. The van der Waals surface area contributed by atoms with Crippen molar-refractivity contribution in [3.05, 3.63) is 0 Å². The van der Waals surface area contributed by atoms with Gasteiger partial charge in [-0.1, -0.05) is 0 Å². The minimum absolute atomic E-state index is 0.108. The molecule has 3 heteroatoms. The molecule has 0 aliphatic carbocycles. The second-order valence-electron chi connectivity index (χ2n) is 2.08. The highest BCUT2D eigenvalue weighted by Gasteiger charge is 2.14. The summed E-state index contributed by atoms with van der Waals surface area (Å²) in [5.41, 5.74) is 0. The summed E-state index contributed by atoms with van der Waals surface area (Å²) in [5.74, 6) is 0. The predicted molar refractivity (Wildman–Crippen MR) is 32.3 cm³/mol. The summed E-state index contributed by atoms with van der Waals surface area (Å²) >= 11 is 0. The Morgan fingerprint density at radius 3 is 3.11 bits per heavy atom. The molecule has 1 fully saturated rings. The molecule has 1 rings (SSSR count). The zero-order chi connectivity index (χ0) is 6.53. The summed E-state index contributed by atoms with van der Waals surface area (Å²) in [6.45, 7) is 2.04. The summed E-state index contributed by atoms with van der Waals surface area (Å²) in [6, 6.07) is 0. The van der Waals surface area contributed by atoms with Crippen molar-refractivity contribution in [1.29, 1.82) is 0 Å². The van der Waals surface area contributed by atoms with Gasteiger partial charge in [-0.15, -0.1) is 0 Å². The first kappa shape index (κ1) is 6.99. The summed E-state index contributed by atoms with van der Waals surface area (Å²) in [4.78, 5) is 0. The van der Waals surface area contributed by atoms with Gasteiger partial charge in [0.05, 0.1) is 25.9 Å². The topological polar surface area (TPSA) is 38.7 Å². The van der Waals surface area contributed by atoms with Crippen LogP contribution in [0.4, 0.5) is 0 Å². The molecule has 1 aliphatic rings. The molecule has 0 spiro atoms. The first-order valence-electron chi connectivity index (χ1n) is 3.23. The maximum absolute atomic E-state index is 8.36. The van der Waals surface area contributed by atoms with Gasteiger partial charge in [0.25, 0.3) is 0 Å². The van der Waals surface area contributed by atoms with Crippen LogP contribution in [0, 0.1) is 0 Å². The highest BCUT2D eigenvalue weighted by molar-refractivity contribution is 4.62. The first-order valence-corrected chi connectivity index (χ1v) is 3.23. The zero-order valence-corrected chi connectivity index (χ0v) is 5.38. The molecule has 0 saturated carbocycles. The molecule has 0 bridgehead atoms. The monoisotopic (exact) mass is 132 g/mol. The Hall–Kier alpha value is -0.120. The molecule has 1 atom stereocenters. The van der Waals surface area contributed by atoms with E-state index < -0.39 is 0 Å². The minimum atomic E-state index is 0.108. The van der Waals surface area contributed by atoms with Gasteiger partial charge in [0.2, 0.25) is 0 Å². The van der Waals surface area contributed by atoms with Gasteiger partial charge in [0, 0.05) is 6.61 Å². The number of ether oxygens (including phenoxy) is 2. The van der Waals surface area contributed by atoms with E-state index in [9.17, 15) is 0 Å².